The Labute approximate surface area is 852 Å². The van der Waals surface area contributed by atoms with Crippen molar-refractivity contribution in [3.8, 4) is 101 Å². The molecule has 0 amide bonds. The standard InChI is InChI=1S/C12H14N2S.C11H12ClN3.C11H11ClN2O.C11H10F3N3O.C11H13N3.C11H12N2O.C11H12N2S.C10H12N4.C10H11N3O.C6H11N3S/c1-8(2)12-14-7-11(15-12)10-5-4-9(3)13-6-10;2*1-7(2)10-13-11(15-14-10)8-3-5-9(12)6-4-8;1-6(2)9-16-10(18-17-9)7-3-4-8(15-5-7)11(12,13)14;2*1-8(2)10-12-11(14-13-10)9-6-4-3-5-7-9;1-8(2)11-13-7-10(14-11)9-3-5-12-6-4-9;2*1-7(2)9-12-10(14-13-9)8-3-5-11-6-4-8;1-4(2)5-7-8-6(10)9(5)3/h4-8H,1-3H3;3-7H,1-2H3,(H,13,14,15);3-7H,1-2H3;3-6H,1-2H3;3-8H,1-2H3,(H,12,13,14);2*3-8H,1-2H3;3-7H,1-2H3,(H,12,13,14);3-7H,1-2H3;4H,1-3H3,(H,8,10). The van der Waals surface area contributed by atoms with Crippen LogP contribution in [0.15, 0.2) is 250 Å². The van der Waals surface area contributed by atoms with Crippen LogP contribution in [0.25, 0.3) is 101 Å². The van der Waals surface area contributed by atoms with E-state index in [2.05, 4.69) is 220 Å². The van der Waals surface area contributed by atoms with Crippen molar-refractivity contribution in [3.63, 3.8) is 0 Å². The third-order valence-corrected chi connectivity index (χ3v) is 23.6. The van der Waals surface area contributed by atoms with E-state index < -0.39 is 11.9 Å². The van der Waals surface area contributed by atoms with E-state index in [0.717, 1.165) is 120 Å². The normalized spacial score (nSPS) is 11.0. The maximum absolute atomic E-state index is 12.3. The van der Waals surface area contributed by atoms with E-state index in [1.54, 1.807) is 59.6 Å². The topological polar surface area (TPSA) is 404 Å². The number of nitrogens with zero attached hydrogens (tertiary/aromatic N) is 23. The minimum atomic E-state index is -4.45. The second kappa shape index (κ2) is 54.6. The number of aryl methyl sites for hydroxylation is 1. The molecule has 15 aromatic heterocycles. The molecule has 31 nitrogen and oxygen atoms in total. The SMILES string of the molecule is CC(C)c1n[nH]c(=S)n1C.CC(C)c1nc(-c2ccc(Cl)cc2)n[nH]1.CC(C)c1nc(-c2ccccc2)n[nH]1.CC(C)c1nc(-c2ccncc2)n[nH]1.CC(C)c1ncc(-c2ccncc2)s1.CC(C)c1noc(-c2ccc(C(F)(F)F)nc2)n1.CC(C)c1noc(-c2ccc(Cl)cc2)n1.CC(C)c1noc(-c2ccccc2)n1.CC(C)c1noc(-c2ccncc2)n1.Cc1ccc(-c2cnc(C(C)C)s2)cn1. The van der Waals surface area contributed by atoms with Gasteiger partial charge in [0.25, 0.3) is 23.6 Å². The number of nitrogens with one attached hydrogen (secondary N) is 4. The van der Waals surface area contributed by atoms with Crippen LogP contribution in [0.2, 0.25) is 10.0 Å². The monoisotopic (exact) mass is 2030 g/mol. The molecular formula is C104H118Cl2F3N27O4S3. The maximum atomic E-state index is 12.3. The Bertz CT molecular complexity index is 6260. The molecule has 143 heavy (non-hydrogen) atoms. The molecule has 0 atom stereocenters. The van der Waals surface area contributed by atoms with Crippen molar-refractivity contribution in [1.82, 2.24) is 136 Å². The number of H-pyrrole nitrogens is 4. The molecule has 15 heterocycles. The highest BCUT2D eigenvalue weighted by molar-refractivity contribution is 7.71. The second-order valence-corrected chi connectivity index (χ2v) is 38.5. The van der Waals surface area contributed by atoms with Gasteiger partial charge in [-0.05, 0) is 140 Å². The first-order valence-electron chi connectivity index (χ1n) is 46.3. The van der Waals surface area contributed by atoms with Crippen LogP contribution >= 0.6 is 58.1 Å². The maximum Gasteiger partial charge on any atom is 0.433 e. The van der Waals surface area contributed by atoms with Gasteiger partial charge in [0.05, 0.1) is 25.3 Å². The predicted octanol–water partition coefficient (Wildman–Crippen LogP) is 28.3. The zero-order chi connectivity index (χ0) is 103. The van der Waals surface area contributed by atoms with Gasteiger partial charge >= 0.3 is 6.18 Å². The fourth-order valence-electron chi connectivity index (χ4n) is 11.8. The number of hydrogen-bond acceptors (Lipinski definition) is 29. The van der Waals surface area contributed by atoms with Crippen LogP contribution in [0.4, 0.5) is 13.2 Å². The lowest BCUT2D eigenvalue weighted by molar-refractivity contribution is -0.141. The summed E-state index contributed by atoms with van der Waals surface area (Å²) in [5.41, 5.74) is 8.59. The number of hydrogen-bond donors (Lipinski definition) is 4. The molecule has 4 N–H and O–H groups in total. The number of alkyl halides is 3. The van der Waals surface area contributed by atoms with Crippen molar-refractivity contribution in [2.45, 2.75) is 211 Å². The lowest BCUT2D eigenvalue weighted by Gasteiger charge is -2.04. The third-order valence-electron chi connectivity index (χ3n) is 20.0. The number of thiazole rings is 2. The number of aromatic nitrogens is 27. The van der Waals surface area contributed by atoms with Gasteiger partial charge in [-0.25, -0.2) is 24.9 Å². The zero-order valence-corrected chi connectivity index (χ0v) is 87.7. The van der Waals surface area contributed by atoms with Crippen LogP contribution in [0.5, 0.6) is 0 Å². The largest absolute Gasteiger partial charge is 0.433 e. The van der Waals surface area contributed by atoms with Crippen molar-refractivity contribution in [2.75, 3.05) is 0 Å². The lowest BCUT2D eigenvalue weighted by atomic mass is 10.2. The first-order valence-corrected chi connectivity index (χ1v) is 49.1. The van der Waals surface area contributed by atoms with E-state index in [1.807, 2.05) is 244 Å². The summed E-state index contributed by atoms with van der Waals surface area (Å²) in [4.78, 5) is 60.8. The molecule has 0 unspecified atom stereocenters. The van der Waals surface area contributed by atoms with E-state index in [4.69, 9.17) is 53.5 Å². The number of benzene rings is 4. The Balaban J connectivity index is 0.000000164. The minimum Gasteiger partial charge on any atom is -0.334 e. The molecule has 0 spiro atoms. The van der Waals surface area contributed by atoms with Crippen molar-refractivity contribution < 1.29 is 31.3 Å². The summed E-state index contributed by atoms with van der Waals surface area (Å²) >= 11 is 20.0. The van der Waals surface area contributed by atoms with E-state index in [1.165, 1.54) is 31.4 Å². The predicted molar refractivity (Wildman–Crippen MR) is 558 cm³/mol. The Morgan fingerprint density at radius 3 is 0.951 bits per heavy atom. The van der Waals surface area contributed by atoms with Gasteiger partial charge in [-0.2, -0.15) is 53.5 Å². The summed E-state index contributed by atoms with van der Waals surface area (Å²) in [6, 6.07) is 52.3. The van der Waals surface area contributed by atoms with Crippen LogP contribution in [-0.2, 0) is 13.2 Å². The van der Waals surface area contributed by atoms with Gasteiger partial charge in [0.2, 0.25) is 0 Å². The molecule has 0 aliphatic rings. The Kier molecular flexibility index (Phi) is 42.2. The summed E-state index contributed by atoms with van der Waals surface area (Å²) in [5.74, 6) is 14.1. The van der Waals surface area contributed by atoms with E-state index in [0.29, 0.717) is 80.3 Å². The van der Waals surface area contributed by atoms with Gasteiger partial charge in [-0.1, -0.05) is 237 Å². The smallest absolute Gasteiger partial charge is 0.334 e. The van der Waals surface area contributed by atoms with E-state index in [-0.39, 0.29) is 23.6 Å². The van der Waals surface area contributed by atoms with Gasteiger partial charge in [-0.3, -0.25) is 45.3 Å². The number of pyridine rings is 5. The summed E-state index contributed by atoms with van der Waals surface area (Å²) in [7, 11) is 1.92. The van der Waals surface area contributed by atoms with Gasteiger partial charge in [0.1, 0.15) is 29.0 Å². The third kappa shape index (κ3) is 34.5. The minimum absolute atomic E-state index is 0.0879. The van der Waals surface area contributed by atoms with Crippen molar-refractivity contribution in [2.24, 2.45) is 7.05 Å². The number of halogens is 5. The number of rotatable bonds is 19. The molecule has 19 rings (SSSR count). The average molecular weight is 2030 g/mol. The van der Waals surface area contributed by atoms with Crippen LogP contribution in [0, 0.1) is 11.7 Å². The molecule has 0 fully saturated rings. The lowest BCUT2D eigenvalue weighted by Crippen LogP contribution is -2.07. The summed E-state index contributed by atoms with van der Waals surface area (Å²) < 4.78 is 59.9. The Morgan fingerprint density at radius 1 is 0.322 bits per heavy atom. The molecule has 0 bridgehead atoms. The summed E-state index contributed by atoms with van der Waals surface area (Å²) in [6.07, 6.45) is 12.9. The first-order chi connectivity index (χ1) is 68.4. The molecule has 0 saturated heterocycles. The van der Waals surface area contributed by atoms with Crippen molar-refractivity contribution in [1.29, 1.82) is 0 Å². The molecular weight excluding hydrogens is 1920 g/mol. The second-order valence-electron chi connectivity index (χ2n) is 35.2. The van der Waals surface area contributed by atoms with Gasteiger partial charge in [-0.15, -0.1) is 22.7 Å². The van der Waals surface area contributed by atoms with E-state index >= 15 is 0 Å². The molecule has 4 aromatic carbocycles. The Hall–Kier alpha value is -14.4. The van der Waals surface area contributed by atoms with Crippen LogP contribution < -0.4 is 0 Å². The van der Waals surface area contributed by atoms with Crippen LogP contribution in [0.1, 0.15) is 266 Å². The van der Waals surface area contributed by atoms with Gasteiger partial charge < -0.3 is 22.7 Å². The summed E-state index contributed by atoms with van der Waals surface area (Å²) in [6.45, 7) is 43.3. The molecule has 0 aliphatic heterocycles. The molecule has 0 saturated carbocycles. The van der Waals surface area contributed by atoms with Crippen molar-refractivity contribution >= 4 is 58.1 Å². The quantitative estimate of drug-likeness (QED) is 0.0546. The highest BCUT2D eigenvalue weighted by atomic mass is 35.5. The number of aromatic amines is 4. The highest BCUT2D eigenvalue weighted by Crippen LogP contribution is 2.34. The molecule has 39 heteroatoms. The zero-order valence-electron chi connectivity index (χ0n) is 83.7. The van der Waals surface area contributed by atoms with Crippen LogP contribution in [0.3, 0.4) is 0 Å². The van der Waals surface area contributed by atoms with Crippen LogP contribution in [-0.4, -0.2) is 136 Å². The first kappa shape index (κ1) is 111. The van der Waals surface area contributed by atoms with E-state index in [9.17, 15) is 13.2 Å². The fourth-order valence-corrected chi connectivity index (χ4v) is 14.0. The average Bonchev–Trinajstić information content (AvgIpc) is 1.79. The Morgan fingerprint density at radius 2 is 0.643 bits per heavy atom. The highest BCUT2D eigenvalue weighted by Gasteiger charge is 2.32. The fraction of sp³-hybridized carbons (Fsp3) is 0.317. The van der Waals surface area contributed by atoms with Gasteiger partial charge in [0.15, 0.2) is 45.5 Å². The molecule has 746 valence electrons. The molecule has 19 aromatic rings. The summed E-state index contributed by atoms with van der Waals surface area (Å²) in [5, 5.41) is 47.3. The molecule has 0 aliphatic carbocycles. The van der Waals surface area contributed by atoms with Gasteiger partial charge in [0, 0.05) is 183 Å². The van der Waals surface area contributed by atoms with Crippen molar-refractivity contribution in [3.05, 3.63) is 315 Å². The molecule has 0 radical (unpaired) electrons.